The predicted octanol–water partition coefficient (Wildman–Crippen LogP) is 2.68. The molecule has 0 unspecified atom stereocenters. The van der Waals surface area contributed by atoms with Crippen LogP contribution in [-0.4, -0.2) is 26.2 Å². The summed E-state index contributed by atoms with van der Waals surface area (Å²) in [7, 11) is -1.64. The smallest absolute Gasteiger partial charge is 0.334 e. The molecule has 14 heavy (non-hydrogen) atoms. The van der Waals surface area contributed by atoms with Gasteiger partial charge in [0.25, 0.3) is 0 Å². The Morgan fingerprint density at radius 1 is 1.43 bits per heavy atom. The van der Waals surface area contributed by atoms with Crippen molar-refractivity contribution < 1.29 is 14.0 Å². The van der Waals surface area contributed by atoms with E-state index < -0.39 is 8.32 Å². The second-order valence-corrected chi connectivity index (χ2v) is 8.70. The first kappa shape index (κ1) is 13.7. The third-order valence-electron chi connectivity index (χ3n) is 1.13. The molecule has 0 aliphatic carbocycles. The molecule has 5 heteroatoms. The molecule has 0 atom stereocenters. The van der Waals surface area contributed by atoms with Crippen molar-refractivity contribution >= 4 is 30.2 Å². The first-order valence-electron chi connectivity index (χ1n) is 4.51. The third-order valence-corrected chi connectivity index (χ3v) is 2.56. The van der Waals surface area contributed by atoms with Crippen molar-refractivity contribution in [3.05, 3.63) is 11.8 Å². The maximum atomic E-state index is 11.1. The summed E-state index contributed by atoms with van der Waals surface area (Å²) in [5.41, 5.74) is 0. The van der Waals surface area contributed by atoms with Gasteiger partial charge in [-0.25, -0.2) is 4.79 Å². The molecule has 0 aliphatic heterocycles. The molecular weight excluding hydrogens is 264 g/mol. The number of carbonyl (C=O) groups is 1. The number of hydrogen-bond acceptors (Lipinski definition) is 3. The summed E-state index contributed by atoms with van der Waals surface area (Å²) in [6.07, 6.45) is 1.40. The Bertz CT molecular complexity index is 221. The minimum atomic E-state index is -1.64. The largest absolute Gasteiger partial charge is 0.546 e. The number of allylic oxidation sites excluding steroid dienone is 1. The summed E-state index contributed by atoms with van der Waals surface area (Å²) in [4.78, 5) is 11.1. The predicted molar refractivity (Wildman–Crippen MR) is 62.9 cm³/mol. The second kappa shape index (κ2) is 6.24. The highest BCUT2D eigenvalue weighted by molar-refractivity contribution is 9.09. The Morgan fingerprint density at radius 2 is 2.00 bits per heavy atom. The molecular formula is C9H17BrO3Si. The highest BCUT2D eigenvalue weighted by atomic mass is 79.9. The molecule has 0 radical (unpaired) electrons. The van der Waals surface area contributed by atoms with E-state index >= 15 is 0 Å². The van der Waals surface area contributed by atoms with E-state index in [1.165, 1.54) is 6.08 Å². The fraction of sp³-hybridized carbons (Fsp3) is 0.667. The van der Waals surface area contributed by atoms with Crippen LogP contribution in [0.4, 0.5) is 0 Å². The molecule has 0 aromatic heterocycles. The molecule has 0 aromatic carbocycles. The molecule has 0 N–H and O–H groups in total. The summed E-state index contributed by atoms with van der Waals surface area (Å²) in [6.45, 7) is 8.36. The van der Waals surface area contributed by atoms with Gasteiger partial charge in [0.2, 0.25) is 8.32 Å². The number of alkyl halides is 1. The maximum absolute atomic E-state index is 11.1. The van der Waals surface area contributed by atoms with Gasteiger partial charge in [-0.2, -0.15) is 0 Å². The SMILES string of the molecule is CCOC(=O)/C=C(\CBr)O[Si](C)(C)C. The van der Waals surface area contributed by atoms with Gasteiger partial charge in [0.15, 0.2) is 0 Å². The van der Waals surface area contributed by atoms with Crippen LogP contribution < -0.4 is 0 Å². The Hall–Kier alpha value is -0.293. The van der Waals surface area contributed by atoms with Crippen molar-refractivity contribution in [2.24, 2.45) is 0 Å². The van der Waals surface area contributed by atoms with Crippen molar-refractivity contribution in [2.45, 2.75) is 26.6 Å². The summed E-state index contributed by atoms with van der Waals surface area (Å²) in [5.74, 6) is 0.294. The summed E-state index contributed by atoms with van der Waals surface area (Å²) in [6, 6.07) is 0. The summed E-state index contributed by atoms with van der Waals surface area (Å²) < 4.78 is 10.4. The third kappa shape index (κ3) is 7.14. The Balaban J connectivity index is 4.32. The minimum absolute atomic E-state index is 0.347. The second-order valence-electron chi connectivity index (χ2n) is 3.71. The number of halogens is 1. The van der Waals surface area contributed by atoms with Crippen LogP contribution in [0.15, 0.2) is 11.8 Å². The van der Waals surface area contributed by atoms with Gasteiger partial charge in [-0.1, -0.05) is 15.9 Å². The van der Waals surface area contributed by atoms with E-state index in [-0.39, 0.29) is 5.97 Å². The van der Waals surface area contributed by atoms with Crippen LogP contribution in [0.1, 0.15) is 6.92 Å². The molecule has 0 saturated carbocycles. The average molecular weight is 281 g/mol. The lowest BCUT2D eigenvalue weighted by molar-refractivity contribution is -0.137. The van der Waals surface area contributed by atoms with E-state index in [0.717, 1.165) is 0 Å². The monoisotopic (exact) mass is 280 g/mol. The quantitative estimate of drug-likeness (QED) is 0.255. The molecule has 0 spiro atoms. The molecule has 0 amide bonds. The lowest BCUT2D eigenvalue weighted by Gasteiger charge is -2.20. The Morgan fingerprint density at radius 3 is 2.36 bits per heavy atom. The van der Waals surface area contributed by atoms with Gasteiger partial charge in [0.1, 0.15) is 0 Å². The van der Waals surface area contributed by atoms with Gasteiger partial charge >= 0.3 is 5.97 Å². The summed E-state index contributed by atoms with van der Waals surface area (Å²) in [5, 5.41) is 0.538. The fourth-order valence-electron chi connectivity index (χ4n) is 0.804. The zero-order valence-corrected chi connectivity index (χ0v) is 11.7. The van der Waals surface area contributed by atoms with Gasteiger partial charge in [-0.15, -0.1) is 0 Å². The van der Waals surface area contributed by atoms with Gasteiger partial charge in [0.05, 0.1) is 23.8 Å². The Kier molecular flexibility index (Phi) is 6.11. The van der Waals surface area contributed by atoms with E-state index in [2.05, 4.69) is 35.6 Å². The van der Waals surface area contributed by atoms with Crippen molar-refractivity contribution in [1.29, 1.82) is 0 Å². The minimum Gasteiger partial charge on any atom is -0.546 e. The van der Waals surface area contributed by atoms with Crippen molar-refractivity contribution in [1.82, 2.24) is 0 Å². The topological polar surface area (TPSA) is 35.5 Å². The first-order valence-corrected chi connectivity index (χ1v) is 9.04. The molecule has 3 nitrogen and oxygen atoms in total. The van der Waals surface area contributed by atoms with E-state index in [0.29, 0.717) is 17.7 Å². The molecule has 82 valence electrons. The highest BCUT2D eigenvalue weighted by Gasteiger charge is 2.17. The normalized spacial score (nSPS) is 12.5. The molecule has 0 rings (SSSR count). The number of hydrogen-bond donors (Lipinski definition) is 0. The maximum Gasteiger partial charge on any atom is 0.334 e. The van der Waals surface area contributed by atoms with Gasteiger partial charge in [-0.3, -0.25) is 0 Å². The number of rotatable bonds is 5. The number of carbonyl (C=O) groups excluding carboxylic acids is 1. The van der Waals surface area contributed by atoms with E-state index in [9.17, 15) is 4.79 Å². The Labute approximate surface area is 94.7 Å². The van der Waals surface area contributed by atoms with Crippen LogP contribution in [0.25, 0.3) is 0 Å². The number of esters is 1. The van der Waals surface area contributed by atoms with Gasteiger partial charge in [-0.05, 0) is 26.6 Å². The standard InChI is InChI=1S/C9H17BrO3Si/c1-5-12-9(11)6-8(7-10)13-14(2,3)4/h6H,5,7H2,1-4H3/b8-6+. The summed E-state index contributed by atoms with van der Waals surface area (Å²) >= 11 is 3.27. The highest BCUT2D eigenvalue weighted by Crippen LogP contribution is 2.12. The van der Waals surface area contributed by atoms with E-state index in [1.54, 1.807) is 6.92 Å². The zero-order chi connectivity index (χ0) is 11.2. The number of ether oxygens (including phenoxy) is 1. The lowest BCUT2D eigenvalue weighted by Crippen LogP contribution is -2.25. The molecule has 0 bridgehead atoms. The van der Waals surface area contributed by atoms with Crippen LogP contribution in [0.3, 0.4) is 0 Å². The van der Waals surface area contributed by atoms with Crippen LogP contribution in [0.5, 0.6) is 0 Å². The zero-order valence-electron chi connectivity index (χ0n) is 9.09. The average Bonchev–Trinajstić information content (AvgIpc) is 2.01. The van der Waals surface area contributed by atoms with Crippen molar-refractivity contribution in [3.63, 3.8) is 0 Å². The van der Waals surface area contributed by atoms with E-state index in [4.69, 9.17) is 9.16 Å². The first-order chi connectivity index (χ1) is 6.39. The molecule has 0 aromatic rings. The molecule has 0 saturated heterocycles. The molecule has 0 aliphatic rings. The van der Waals surface area contributed by atoms with Crippen LogP contribution in [-0.2, 0) is 14.0 Å². The van der Waals surface area contributed by atoms with E-state index in [1.807, 2.05) is 0 Å². The van der Waals surface area contributed by atoms with Gasteiger partial charge < -0.3 is 9.16 Å². The van der Waals surface area contributed by atoms with Gasteiger partial charge in [0, 0.05) is 0 Å². The van der Waals surface area contributed by atoms with Crippen LogP contribution in [0, 0.1) is 0 Å². The molecule has 0 fully saturated rings. The molecule has 0 heterocycles. The van der Waals surface area contributed by atoms with Crippen LogP contribution in [0.2, 0.25) is 19.6 Å². The fourth-order valence-corrected chi connectivity index (χ4v) is 2.21. The van der Waals surface area contributed by atoms with Crippen molar-refractivity contribution in [2.75, 3.05) is 11.9 Å². The van der Waals surface area contributed by atoms with Crippen LogP contribution >= 0.6 is 15.9 Å². The lowest BCUT2D eigenvalue weighted by atomic mass is 10.5. The van der Waals surface area contributed by atoms with Crippen molar-refractivity contribution in [3.8, 4) is 0 Å².